The molecule has 0 aliphatic heterocycles. The van der Waals surface area contributed by atoms with E-state index >= 15 is 4.39 Å². The fraction of sp³-hybridized carbons (Fsp3) is 0.320. The van der Waals surface area contributed by atoms with Crippen LogP contribution in [0.15, 0.2) is 48.5 Å². The van der Waals surface area contributed by atoms with Crippen molar-refractivity contribution >= 4 is 10.8 Å². The van der Waals surface area contributed by atoms with Crippen molar-refractivity contribution in [1.29, 1.82) is 5.26 Å². The predicted molar refractivity (Wildman–Crippen MR) is 110 cm³/mol. The molecule has 3 aromatic rings. The van der Waals surface area contributed by atoms with Crippen molar-refractivity contribution in [3.8, 4) is 17.2 Å². The van der Waals surface area contributed by atoms with Crippen LogP contribution in [0.25, 0.3) is 21.9 Å². The molecule has 0 heterocycles. The first-order chi connectivity index (χ1) is 14.0. The van der Waals surface area contributed by atoms with E-state index in [-0.39, 0.29) is 12.0 Å². The van der Waals surface area contributed by atoms with Crippen molar-refractivity contribution in [3.63, 3.8) is 0 Å². The highest BCUT2D eigenvalue weighted by Gasteiger charge is 2.37. The monoisotopic (exact) mass is 393 g/mol. The van der Waals surface area contributed by atoms with Crippen LogP contribution in [-0.4, -0.2) is 6.17 Å². The summed E-state index contributed by atoms with van der Waals surface area (Å²) < 4.78 is 43.9. The number of fused-ring (bicyclic) bond motifs is 3. The van der Waals surface area contributed by atoms with Crippen LogP contribution < -0.4 is 0 Å². The van der Waals surface area contributed by atoms with Gasteiger partial charge < -0.3 is 0 Å². The summed E-state index contributed by atoms with van der Waals surface area (Å²) in [5.41, 5.74) is 2.81. The third kappa shape index (κ3) is 3.51. The second-order valence-corrected chi connectivity index (χ2v) is 7.80. The summed E-state index contributed by atoms with van der Waals surface area (Å²) in [6.07, 6.45) is 0.100. The van der Waals surface area contributed by atoms with E-state index in [0.717, 1.165) is 34.7 Å². The summed E-state index contributed by atoms with van der Waals surface area (Å²) in [6.45, 7) is 2.03. The lowest BCUT2D eigenvalue weighted by Crippen LogP contribution is -2.29. The van der Waals surface area contributed by atoms with Gasteiger partial charge in [-0.2, -0.15) is 5.26 Å². The molecule has 148 valence electrons. The summed E-state index contributed by atoms with van der Waals surface area (Å²) in [5, 5.41) is 10.6. The first kappa shape index (κ1) is 19.5. The second kappa shape index (κ2) is 7.91. The van der Waals surface area contributed by atoms with Gasteiger partial charge in [-0.1, -0.05) is 50.1 Å². The Balaban J connectivity index is 1.74. The summed E-state index contributed by atoms with van der Waals surface area (Å²) in [7, 11) is 0. The Morgan fingerprint density at radius 1 is 1.03 bits per heavy atom. The Bertz CT molecular complexity index is 1100. The van der Waals surface area contributed by atoms with Gasteiger partial charge in [0, 0.05) is 12.3 Å². The molecular formula is C25H22F3N. The highest BCUT2D eigenvalue weighted by Crippen LogP contribution is 2.44. The van der Waals surface area contributed by atoms with Crippen LogP contribution in [-0.2, 0) is 6.42 Å². The van der Waals surface area contributed by atoms with Gasteiger partial charge in [-0.15, -0.1) is 0 Å². The first-order valence-electron chi connectivity index (χ1n) is 10.1. The number of nitriles is 1. The van der Waals surface area contributed by atoms with Gasteiger partial charge in [-0.3, -0.25) is 0 Å². The molecule has 0 bridgehead atoms. The van der Waals surface area contributed by atoms with E-state index in [9.17, 15) is 8.78 Å². The first-order valence-corrected chi connectivity index (χ1v) is 10.1. The van der Waals surface area contributed by atoms with Gasteiger partial charge in [0.15, 0.2) is 0 Å². The molecule has 1 unspecified atom stereocenters. The number of hydrogen-bond donors (Lipinski definition) is 0. The largest absolute Gasteiger partial charge is 0.247 e. The van der Waals surface area contributed by atoms with E-state index in [0.29, 0.717) is 17.5 Å². The Kier molecular flexibility index (Phi) is 5.32. The lowest BCUT2D eigenvalue weighted by atomic mass is 9.77. The molecule has 0 fully saturated rings. The van der Waals surface area contributed by atoms with Crippen LogP contribution in [0, 0.1) is 23.1 Å². The van der Waals surface area contributed by atoms with E-state index in [1.54, 1.807) is 12.1 Å². The Hall–Kier alpha value is -2.80. The zero-order valence-corrected chi connectivity index (χ0v) is 16.3. The average Bonchev–Trinajstić information content (AvgIpc) is 2.73. The topological polar surface area (TPSA) is 23.8 Å². The maximum Gasteiger partial charge on any atom is 0.141 e. The molecular weight excluding hydrogens is 371 g/mol. The molecule has 1 aliphatic rings. The van der Waals surface area contributed by atoms with Gasteiger partial charge in [0.1, 0.15) is 24.2 Å². The Morgan fingerprint density at radius 3 is 2.52 bits per heavy atom. The SMILES string of the molecule is CCCC[C@H]1C(F)c2ccc3cc(-c4ccc(C#N)c(F)c4)ccc3c2C[C@@H]1F. The summed E-state index contributed by atoms with van der Waals surface area (Å²) in [4.78, 5) is 0. The number of benzene rings is 3. The molecule has 0 saturated heterocycles. The molecule has 1 aliphatic carbocycles. The lowest BCUT2D eigenvalue weighted by Gasteiger charge is -2.32. The number of nitrogens with zero attached hydrogens (tertiary/aromatic N) is 1. The quantitative estimate of drug-likeness (QED) is 0.459. The minimum Gasteiger partial charge on any atom is -0.247 e. The molecule has 0 aromatic heterocycles. The Morgan fingerprint density at radius 2 is 1.79 bits per heavy atom. The highest BCUT2D eigenvalue weighted by molar-refractivity contribution is 5.91. The zero-order chi connectivity index (χ0) is 20.5. The van der Waals surface area contributed by atoms with Crippen LogP contribution in [0.4, 0.5) is 13.2 Å². The van der Waals surface area contributed by atoms with E-state index in [1.165, 1.54) is 12.1 Å². The van der Waals surface area contributed by atoms with Crippen LogP contribution in [0.5, 0.6) is 0 Å². The smallest absolute Gasteiger partial charge is 0.141 e. The van der Waals surface area contributed by atoms with Gasteiger partial charge in [0.25, 0.3) is 0 Å². The van der Waals surface area contributed by atoms with Gasteiger partial charge >= 0.3 is 0 Å². The zero-order valence-electron chi connectivity index (χ0n) is 16.3. The number of alkyl halides is 2. The minimum atomic E-state index is -1.28. The van der Waals surface area contributed by atoms with Crippen LogP contribution in [0.3, 0.4) is 0 Å². The van der Waals surface area contributed by atoms with Crippen molar-refractivity contribution in [2.75, 3.05) is 0 Å². The van der Waals surface area contributed by atoms with E-state index in [2.05, 4.69) is 0 Å². The fourth-order valence-electron chi connectivity index (χ4n) is 4.39. The molecule has 0 N–H and O–H groups in total. The summed E-state index contributed by atoms with van der Waals surface area (Å²) in [5.74, 6) is -1.13. The van der Waals surface area contributed by atoms with Crippen LogP contribution >= 0.6 is 0 Å². The van der Waals surface area contributed by atoms with E-state index < -0.39 is 24.1 Å². The highest BCUT2D eigenvalue weighted by atomic mass is 19.1. The van der Waals surface area contributed by atoms with Crippen molar-refractivity contribution in [2.24, 2.45) is 5.92 Å². The third-order valence-electron chi connectivity index (χ3n) is 6.02. The summed E-state index contributed by atoms with van der Waals surface area (Å²) >= 11 is 0. The normalized spacial score (nSPS) is 21.0. The third-order valence-corrected chi connectivity index (χ3v) is 6.02. The standard InChI is InChI=1S/C25H22F3N/c1-2-3-4-21-24(27)13-22-19-9-7-15(11-17(19)8-10-20(22)25(21)28)16-5-6-18(14-29)23(26)12-16/h5-12,21,24-25H,2-4,13H2,1H3/t21-,24+,25?/m1/s1. The number of rotatable bonds is 4. The van der Waals surface area contributed by atoms with Crippen LogP contribution in [0.2, 0.25) is 0 Å². The van der Waals surface area contributed by atoms with Crippen molar-refractivity contribution in [3.05, 3.63) is 71.0 Å². The number of halogens is 3. The van der Waals surface area contributed by atoms with E-state index in [4.69, 9.17) is 5.26 Å². The van der Waals surface area contributed by atoms with Gasteiger partial charge in [-0.05, 0) is 57.6 Å². The second-order valence-electron chi connectivity index (χ2n) is 7.80. The number of unbranched alkanes of at least 4 members (excludes halogenated alkanes) is 1. The fourth-order valence-corrected chi connectivity index (χ4v) is 4.39. The molecule has 3 atom stereocenters. The minimum absolute atomic E-state index is 0.00390. The lowest BCUT2D eigenvalue weighted by molar-refractivity contribution is 0.101. The average molecular weight is 393 g/mol. The van der Waals surface area contributed by atoms with Crippen molar-refractivity contribution < 1.29 is 13.2 Å². The molecule has 0 amide bonds. The molecule has 4 rings (SSSR count). The van der Waals surface area contributed by atoms with Gasteiger partial charge in [-0.25, -0.2) is 13.2 Å². The molecule has 0 spiro atoms. The van der Waals surface area contributed by atoms with Crippen molar-refractivity contribution in [2.45, 2.75) is 45.0 Å². The van der Waals surface area contributed by atoms with Gasteiger partial charge in [0.2, 0.25) is 0 Å². The molecule has 3 aromatic carbocycles. The van der Waals surface area contributed by atoms with Gasteiger partial charge in [0.05, 0.1) is 5.56 Å². The van der Waals surface area contributed by atoms with E-state index in [1.807, 2.05) is 37.3 Å². The molecule has 1 nitrogen and oxygen atoms in total. The molecule has 0 radical (unpaired) electrons. The van der Waals surface area contributed by atoms with Crippen molar-refractivity contribution in [1.82, 2.24) is 0 Å². The number of hydrogen-bond acceptors (Lipinski definition) is 1. The molecule has 0 saturated carbocycles. The predicted octanol–water partition coefficient (Wildman–Crippen LogP) is 7.23. The molecule has 4 heteroatoms. The molecule has 29 heavy (non-hydrogen) atoms. The maximum absolute atomic E-state index is 15.1. The van der Waals surface area contributed by atoms with Crippen LogP contribution in [0.1, 0.15) is 49.0 Å². The maximum atomic E-state index is 15.1. The summed E-state index contributed by atoms with van der Waals surface area (Å²) in [6, 6.07) is 15.6. The Labute approximate surface area is 168 Å².